The summed E-state index contributed by atoms with van der Waals surface area (Å²) >= 11 is 0. The minimum Gasteiger partial charge on any atom is -0.339 e. The fraction of sp³-hybridized carbons (Fsp3) is 0.579. The van der Waals surface area contributed by atoms with Crippen molar-refractivity contribution in [3.05, 3.63) is 35.6 Å². The first-order chi connectivity index (χ1) is 11.5. The Morgan fingerprint density at radius 3 is 2.46 bits per heavy atom. The first-order valence-corrected chi connectivity index (χ1v) is 8.85. The van der Waals surface area contributed by atoms with Crippen LogP contribution in [-0.2, 0) is 16.0 Å². The summed E-state index contributed by atoms with van der Waals surface area (Å²) in [6.45, 7) is 4.48. The van der Waals surface area contributed by atoms with E-state index in [1.807, 2.05) is 22.8 Å². The molecule has 3 rings (SSSR count). The third-order valence-electron chi connectivity index (χ3n) is 5.18. The summed E-state index contributed by atoms with van der Waals surface area (Å²) < 4.78 is 13.2. The van der Waals surface area contributed by atoms with Crippen molar-refractivity contribution >= 4 is 11.8 Å². The number of amides is 2. The number of carbonyl (C=O) groups is 2. The van der Waals surface area contributed by atoms with Crippen LogP contribution < -0.4 is 0 Å². The Kier molecular flexibility index (Phi) is 5.17. The lowest BCUT2D eigenvalue weighted by molar-refractivity contribution is -0.142. The molecule has 1 saturated heterocycles. The summed E-state index contributed by atoms with van der Waals surface area (Å²) in [5.74, 6) is 0.756. The molecule has 24 heavy (non-hydrogen) atoms. The molecule has 0 bridgehead atoms. The molecule has 130 valence electrons. The second-order valence-corrected chi connectivity index (χ2v) is 6.96. The molecular formula is C19H25FN2O2. The predicted molar refractivity (Wildman–Crippen MR) is 89.8 cm³/mol. The quantitative estimate of drug-likeness (QED) is 0.831. The van der Waals surface area contributed by atoms with Crippen molar-refractivity contribution in [2.45, 2.75) is 32.6 Å². The van der Waals surface area contributed by atoms with Crippen molar-refractivity contribution in [3.8, 4) is 0 Å². The minimum absolute atomic E-state index is 0.0848. The highest BCUT2D eigenvalue weighted by molar-refractivity contribution is 5.80. The highest BCUT2D eigenvalue weighted by Crippen LogP contribution is 2.37. The number of piperazine rings is 1. The van der Waals surface area contributed by atoms with E-state index in [-0.39, 0.29) is 23.5 Å². The monoisotopic (exact) mass is 332 g/mol. The normalized spacial score (nSPS) is 19.2. The number of rotatable bonds is 5. The van der Waals surface area contributed by atoms with Crippen LogP contribution >= 0.6 is 0 Å². The zero-order valence-corrected chi connectivity index (χ0v) is 14.2. The molecule has 1 aliphatic carbocycles. The number of hydrogen-bond donors (Lipinski definition) is 0. The van der Waals surface area contributed by atoms with E-state index in [4.69, 9.17) is 0 Å². The molecule has 2 amide bonds. The standard InChI is InChI=1S/C19H25FN2O2/c1-14(16-6-7-16)19(24)22-11-9-21(10-12-22)18(23)8-5-15-3-2-4-17(20)13-15/h2-4,13-14,16H,5-12H2,1H3. The number of aryl methyl sites for hydroxylation is 1. The molecule has 1 aromatic carbocycles. The lowest BCUT2D eigenvalue weighted by atomic mass is 10.0. The van der Waals surface area contributed by atoms with Crippen LogP contribution in [0.15, 0.2) is 24.3 Å². The minimum atomic E-state index is -0.267. The second-order valence-electron chi connectivity index (χ2n) is 6.96. The molecule has 1 atom stereocenters. The van der Waals surface area contributed by atoms with E-state index in [9.17, 15) is 14.0 Å². The molecule has 1 heterocycles. The van der Waals surface area contributed by atoms with Crippen LogP contribution in [0, 0.1) is 17.7 Å². The van der Waals surface area contributed by atoms with E-state index in [2.05, 4.69) is 0 Å². The van der Waals surface area contributed by atoms with Crippen LogP contribution in [0.2, 0.25) is 0 Å². The second kappa shape index (κ2) is 7.32. The van der Waals surface area contributed by atoms with E-state index < -0.39 is 0 Å². The summed E-state index contributed by atoms with van der Waals surface area (Å²) in [5.41, 5.74) is 0.843. The average Bonchev–Trinajstić information content (AvgIpc) is 3.44. The summed E-state index contributed by atoms with van der Waals surface area (Å²) in [4.78, 5) is 28.4. The van der Waals surface area contributed by atoms with E-state index in [0.29, 0.717) is 44.9 Å². The van der Waals surface area contributed by atoms with Crippen molar-refractivity contribution in [1.82, 2.24) is 9.80 Å². The van der Waals surface area contributed by atoms with Crippen LogP contribution in [-0.4, -0.2) is 47.8 Å². The molecule has 0 N–H and O–H groups in total. The fourth-order valence-electron chi connectivity index (χ4n) is 3.36. The van der Waals surface area contributed by atoms with Crippen LogP contribution in [0.5, 0.6) is 0 Å². The maximum Gasteiger partial charge on any atom is 0.225 e. The third kappa shape index (κ3) is 4.13. The molecule has 2 fully saturated rings. The van der Waals surface area contributed by atoms with E-state index in [1.165, 1.54) is 25.0 Å². The Labute approximate surface area is 142 Å². The van der Waals surface area contributed by atoms with Crippen molar-refractivity contribution in [2.75, 3.05) is 26.2 Å². The Morgan fingerprint density at radius 2 is 1.83 bits per heavy atom. The molecule has 0 spiro atoms. The Balaban J connectivity index is 1.44. The van der Waals surface area contributed by atoms with Gasteiger partial charge in [-0.05, 0) is 42.9 Å². The number of benzene rings is 1. The molecule has 1 saturated carbocycles. The molecule has 0 aromatic heterocycles. The SMILES string of the molecule is CC(C(=O)N1CCN(C(=O)CCc2cccc(F)c2)CC1)C1CC1. The van der Waals surface area contributed by atoms with Gasteiger partial charge in [0.25, 0.3) is 0 Å². The number of halogens is 1. The van der Waals surface area contributed by atoms with Gasteiger partial charge in [0.15, 0.2) is 0 Å². The summed E-state index contributed by atoms with van der Waals surface area (Å²) in [6.07, 6.45) is 3.28. The Bertz CT molecular complexity index is 607. The molecule has 1 aromatic rings. The first kappa shape index (κ1) is 16.9. The van der Waals surface area contributed by atoms with Crippen LogP contribution in [0.1, 0.15) is 31.7 Å². The molecule has 4 nitrogen and oxygen atoms in total. The van der Waals surface area contributed by atoms with Gasteiger partial charge in [0.05, 0.1) is 0 Å². The first-order valence-electron chi connectivity index (χ1n) is 8.85. The van der Waals surface area contributed by atoms with Gasteiger partial charge < -0.3 is 9.80 Å². The van der Waals surface area contributed by atoms with Crippen molar-refractivity contribution in [3.63, 3.8) is 0 Å². The lowest BCUT2D eigenvalue weighted by Gasteiger charge is -2.36. The van der Waals surface area contributed by atoms with Crippen molar-refractivity contribution < 1.29 is 14.0 Å². The van der Waals surface area contributed by atoms with Gasteiger partial charge in [0, 0.05) is 38.5 Å². The zero-order chi connectivity index (χ0) is 17.1. The van der Waals surface area contributed by atoms with Gasteiger partial charge in [-0.1, -0.05) is 19.1 Å². The van der Waals surface area contributed by atoms with Crippen LogP contribution in [0.3, 0.4) is 0 Å². The maximum atomic E-state index is 13.2. The van der Waals surface area contributed by atoms with Gasteiger partial charge in [-0.25, -0.2) is 4.39 Å². The van der Waals surface area contributed by atoms with Crippen LogP contribution in [0.25, 0.3) is 0 Å². The number of nitrogens with zero attached hydrogens (tertiary/aromatic N) is 2. The van der Waals surface area contributed by atoms with E-state index in [0.717, 1.165) is 5.56 Å². The third-order valence-corrected chi connectivity index (χ3v) is 5.18. The Morgan fingerprint density at radius 1 is 1.17 bits per heavy atom. The summed E-state index contributed by atoms with van der Waals surface area (Å²) in [6, 6.07) is 6.39. The molecular weight excluding hydrogens is 307 g/mol. The van der Waals surface area contributed by atoms with Gasteiger partial charge in [-0.2, -0.15) is 0 Å². The molecule has 1 unspecified atom stereocenters. The Hall–Kier alpha value is -1.91. The van der Waals surface area contributed by atoms with E-state index in [1.54, 1.807) is 6.07 Å². The molecule has 5 heteroatoms. The highest BCUT2D eigenvalue weighted by Gasteiger charge is 2.36. The van der Waals surface area contributed by atoms with Crippen LogP contribution in [0.4, 0.5) is 4.39 Å². The molecule has 2 aliphatic rings. The fourth-order valence-corrected chi connectivity index (χ4v) is 3.36. The molecule has 1 aliphatic heterocycles. The summed E-state index contributed by atoms with van der Waals surface area (Å²) in [7, 11) is 0. The van der Waals surface area contributed by atoms with Crippen molar-refractivity contribution in [2.24, 2.45) is 11.8 Å². The van der Waals surface area contributed by atoms with Gasteiger partial charge in [0.1, 0.15) is 5.82 Å². The zero-order valence-electron chi connectivity index (χ0n) is 14.2. The average molecular weight is 332 g/mol. The smallest absolute Gasteiger partial charge is 0.225 e. The largest absolute Gasteiger partial charge is 0.339 e. The number of carbonyl (C=O) groups excluding carboxylic acids is 2. The van der Waals surface area contributed by atoms with Crippen molar-refractivity contribution in [1.29, 1.82) is 0 Å². The molecule has 0 radical (unpaired) electrons. The number of hydrogen-bond acceptors (Lipinski definition) is 2. The van der Waals surface area contributed by atoms with Gasteiger partial charge >= 0.3 is 0 Å². The van der Waals surface area contributed by atoms with Gasteiger partial charge in [-0.15, -0.1) is 0 Å². The van der Waals surface area contributed by atoms with Gasteiger partial charge in [-0.3, -0.25) is 9.59 Å². The highest BCUT2D eigenvalue weighted by atomic mass is 19.1. The van der Waals surface area contributed by atoms with Gasteiger partial charge in [0.2, 0.25) is 11.8 Å². The predicted octanol–water partition coefficient (Wildman–Crippen LogP) is 2.48. The lowest BCUT2D eigenvalue weighted by Crippen LogP contribution is -2.52. The maximum absolute atomic E-state index is 13.2. The topological polar surface area (TPSA) is 40.6 Å². The summed E-state index contributed by atoms with van der Waals surface area (Å²) in [5, 5.41) is 0. The van der Waals surface area contributed by atoms with E-state index >= 15 is 0 Å².